The molecule has 7 nitrogen and oxygen atoms in total. The first kappa shape index (κ1) is 16.2. The molecule has 0 aliphatic heterocycles. The van der Waals surface area contributed by atoms with Gasteiger partial charge in [0.15, 0.2) is 0 Å². The van der Waals surface area contributed by atoms with Gasteiger partial charge in [0, 0.05) is 31.0 Å². The van der Waals surface area contributed by atoms with E-state index in [9.17, 15) is 13.2 Å². The van der Waals surface area contributed by atoms with Gasteiger partial charge in [0.25, 0.3) is 5.91 Å². The van der Waals surface area contributed by atoms with Gasteiger partial charge in [-0.15, -0.1) is 0 Å². The van der Waals surface area contributed by atoms with Gasteiger partial charge in [-0.2, -0.15) is 5.10 Å². The molecule has 0 saturated carbocycles. The van der Waals surface area contributed by atoms with Crippen LogP contribution in [0.2, 0.25) is 0 Å². The molecule has 22 heavy (non-hydrogen) atoms. The Labute approximate surface area is 129 Å². The Bertz CT molecular complexity index is 726. The van der Waals surface area contributed by atoms with Crippen LogP contribution in [0.4, 0.5) is 0 Å². The minimum atomic E-state index is -3.23. The van der Waals surface area contributed by atoms with Crippen molar-refractivity contribution in [3.63, 3.8) is 0 Å². The highest BCUT2D eigenvalue weighted by Crippen LogP contribution is 2.07. The van der Waals surface area contributed by atoms with Crippen LogP contribution in [0.3, 0.4) is 0 Å². The number of benzene rings is 1. The summed E-state index contributed by atoms with van der Waals surface area (Å²) in [5.74, 6) is -0.238. The van der Waals surface area contributed by atoms with Crippen LogP contribution in [-0.4, -0.2) is 43.5 Å². The highest BCUT2D eigenvalue weighted by atomic mass is 32.2. The van der Waals surface area contributed by atoms with Gasteiger partial charge in [-0.1, -0.05) is 12.1 Å². The fraction of sp³-hybridized carbons (Fsp3) is 0.286. The minimum absolute atomic E-state index is 0.164. The summed E-state index contributed by atoms with van der Waals surface area (Å²) < 4.78 is 25.9. The second-order valence-electron chi connectivity index (χ2n) is 4.83. The predicted octanol–water partition coefficient (Wildman–Crippen LogP) is 0.210. The van der Waals surface area contributed by atoms with Gasteiger partial charge >= 0.3 is 0 Å². The Morgan fingerprint density at radius 1 is 1.27 bits per heavy atom. The number of carbonyl (C=O) groups excluding carboxylic acids is 1. The molecule has 0 saturated heterocycles. The molecule has 0 aliphatic rings. The van der Waals surface area contributed by atoms with Crippen molar-refractivity contribution in [2.45, 2.75) is 6.54 Å². The molecule has 1 aromatic heterocycles. The Morgan fingerprint density at radius 3 is 2.77 bits per heavy atom. The van der Waals surface area contributed by atoms with Crippen molar-refractivity contribution in [2.24, 2.45) is 0 Å². The van der Waals surface area contributed by atoms with E-state index >= 15 is 0 Å². The van der Waals surface area contributed by atoms with E-state index in [2.05, 4.69) is 15.1 Å². The number of amides is 1. The zero-order chi connectivity index (χ0) is 16.0. The largest absolute Gasteiger partial charge is 0.351 e. The maximum atomic E-state index is 12.0. The molecule has 0 unspecified atom stereocenters. The summed E-state index contributed by atoms with van der Waals surface area (Å²) in [6.07, 6.45) is 4.63. The molecule has 0 fully saturated rings. The van der Waals surface area contributed by atoms with Crippen LogP contribution < -0.4 is 10.0 Å². The quantitative estimate of drug-likeness (QED) is 0.713. The average Bonchev–Trinajstić information content (AvgIpc) is 2.95. The lowest BCUT2D eigenvalue weighted by atomic mass is 10.1. The van der Waals surface area contributed by atoms with E-state index < -0.39 is 10.0 Å². The molecule has 118 valence electrons. The molecule has 2 aromatic rings. The van der Waals surface area contributed by atoms with Gasteiger partial charge in [-0.3, -0.25) is 9.48 Å². The Kier molecular flexibility index (Phi) is 5.29. The molecular formula is C14H18N4O3S. The number of aromatic nitrogens is 2. The van der Waals surface area contributed by atoms with Crippen LogP contribution in [0.25, 0.3) is 0 Å². The smallest absolute Gasteiger partial charge is 0.251 e. The number of nitrogens with zero attached hydrogens (tertiary/aromatic N) is 2. The monoisotopic (exact) mass is 322 g/mol. The Morgan fingerprint density at radius 2 is 2.09 bits per heavy atom. The van der Waals surface area contributed by atoms with E-state index in [0.29, 0.717) is 12.1 Å². The normalized spacial score (nSPS) is 11.3. The third-order valence-electron chi connectivity index (χ3n) is 2.87. The van der Waals surface area contributed by atoms with Crippen LogP contribution in [0.5, 0.6) is 0 Å². The molecular weight excluding hydrogens is 304 g/mol. The van der Waals surface area contributed by atoms with Crippen LogP contribution in [0.1, 0.15) is 15.9 Å². The lowest BCUT2D eigenvalue weighted by Gasteiger charge is -2.07. The zero-order valence-electron chi connectivity index (χ0n) is 12.2. The number of carbonyl (C=O) groups is 1. The Hall–Kier alpha value is -2.19. The van der Waals surface area contributed by atoms with Crippen molar-refractivity contribution in [3.8, 4) is 0 Å². The first-order valence-electron chi connectivity index (χ1n) is 6.73. The maximum absolute atomic E-state index is 12.0. The second kappa shape index (κ2) is 7.19. The molecule has 1 heterocycles. The van der Waals surface area contributed by atoms with E-state index in [0.717, 1.165) is 11.8 Å². The number of rotatable bonds is 7. The zero-order valence-corrected chi connectivity index (χ0v) is 13.0. The third-order valence-corrected chi connectivity index (χ3v) is 3.60. The summed E-state index contributed by atoms with van der Waals surface area (Å²) >= 11 is 0. The van der Waals surface area contributed by atoms with E-state index in [-0.39, 0.29) is 19.0 Å². The average molecular weight is 322 g/mol. The topological polar surface area (TPSA) is 93.1 Å². The highest BCUT2D eigenvalue weighted by molar-refractivity contribution is 7.88. The molecule has 0 bridgehead atoms. The third kappa shape index (κ3) is 5.30. The summed E-state index contributed by atoms with van der Waals surface area (Å²) in [6.45, 7) is 0.983. The van der Waals surface area contributed by atoms with Crippen LogP contribution in [0, 0.1) is 0 Å². The molecule has 1 amide bonds. The number of sulfonamides is 1. The molecule has 1 aromatic carbocycles. The standard InChI is InChI=1S/C14H18N4O3S/c1-22(20,21)17-8-7-15-14(19)13-5-2-4-12(10-13)11-18-9-3-6-16-18/h2-6,9-10,17H,7-8,11H2,1H3,(H,15,19). The molecule has 8 heteroatoms. The van der Waals surface area contributed by atoms with Gasteiger partial charge in [-0.25, -0.2) is 13.1 Å². The van der Waals surface area contributed by atoms with Crippen molar-refractivity contribution in [1.29, 1.82) is 0 Å². The SMILES string of the molecule is CS(=O)(=O)NCCNC(=O)c1cccc(Cn2cccn2)c1. The Balaban J connectivity index is 1.90. The van der Waals surface area contributed by atoms with Crippen molar-refractivity contribution < 1.29 is 13.2 Å². The maximum Gasteiger partial charge on any atom is 0.251 e. The fourth-order valence-corrected chi connectivity index (χ4v) is 2.38. The summed E-state index contributed by atoms with van der Waals surface area (Å²) in [7, 11) is -3.23. The summed E-state index contributed by atoms with van der Waals surface area (Å²) in [4.78, 5) is 12.0. The van der Waals surface area contributed by atoms with Crippen LogP contribution in [0.15, 0.2) is 42.7 Å². The lowest BCUT2D eigenvalue weighted by molar-refractivity contribution is 0.0954. The molecule has 0 atom stereocenters. The summed E-state index contributed by atoms with van der Waals surface area (Å²) in [5.41, 5.74) is 1.50. The molecule has 0 radical (unpaired) electrons. The van der Waals surface area contributed by atoms with E-state index in [1.165, 1.54) is 0 Å². The van der Waals surface area contributed by atoms with E-state index in [4.69, 9.17) is 0 Å². The van der Waals surface area contributed by atoms with E-state index in [1.807, 2.05) is 24.4 Å². The second-order valence-corrected chi connectivity index (χ2v) is 6.66. The molecule has 2 N–H and O–H groups in total. The van der Waals surface area contributed by atoms with Gasteiger partial charge in [-0.05, 0) is 23.8 Å². The number of hydrogen-bond donors (Lipinski definition) is 2. The van der Waals surface area contributed by atoms with Crippen LogP contribution >= 0.6 is 0 Å². The van der Waals surface area contributed by atoms with Gasteiger partial charge in [0.2, 0.25) is 10.0 Å². The fourth-order valence-electron chi connectivity index (χ4n) is 1.91. The van der Waals surface area contributed by atoms with Crippen LogP contribution in [-0.2, 0) is 16.6 Å². The van der Waals surface area contributed by atoms with Crippen molar-refractivity contribution in [2.75, 3.05) is 19.3 Å². The van der Waals surface area contributed by atoms with Gasteiger partial charge < -0.3 is 5.32 Å². The molecule has 0 aliphatic carbocycles. The molecule has 2 rings (SSSR count). The predicted molar refractivity (Wildman–Crippen MR) is 83.0 cm³/mol. The minimum Gasteiger partial charge on any atom is -0.351 e. The first-order chi connectivity index (χ1) is 10.4. The first-order valence-corrected chi connectivity index (χ1v) is 8.62. The highest BCUT2D eigenvalue weighted by Gasteiger charge is 2.07. The summed E-state index contributed by atoms with van der Waals surface area (Å²) in [5, 5.41) is 6.79. The lowest BCUT2D eigenvalue weighted by Crippen LogP contribution is -2.34. The van der Waals surface area contributed by atoms with Gasteiger partial charge in [0.1, 0.15) is 0 Å². The van der Waals surface area contributed by atoms with Crippen molar-refractivity contribution >= 4 is 15.9 Å². The van der Waals surface area contributed by atoms with Gasteiger partial charge in [0.05, 0.1) is 12.8 Å². The van der Waals surface area contributed by atoms with Crippen molar-refractivity contribution in [3.05, 3.63) is 53.9 Å². The van der Waals surface area contributed by atoms with Crippen molar-refractivity contribution in [1.82, 2.24) is 19.8 Å². The number of nitrogens with one attached hydrogen (secondary N) is 2. The summed E-state index contributed by atoms with van der Waals surface area (Å²) in [6, 6.07) is 9.07. The van der Waals surface area contributed by atoms with E-state index in [1.54, 1.807) is 23.0 Å². The number of hydrogen-bond acceptors (Lipinski definition) is 4. The molecule has 0 spiro atoms.